The van der Waals surface area contributed by atoms with Gasteiger partial charge in [-0.3, -0.25) is 0 Å². The first kappa shape index (κ1) is 12.3. The molecule has 2 rings (SSSR count). The Morgan fingerprint density at radius 3 is 2.59 bits per heavy atom. The van der Waals surface area contributed by atoms with Gasteiger partial charge in [-0.1, -0.05) is 0 Å². The van der Waals surface area contributed by atoms with Crippen LogP contribution in [-0.2, 0) is 14.2 Å². The summed E-state index contributed by atoms with van der Waals surface area (Å²) in [5.74, 6) is -0.777. The fourth-order valence-corrected chi connectivity index (χ4v) is 2.25. The second kappa shape index (κ2) is 4.27. The maximum atomic E-state index is 9.20. The average molecular weight is 241 g/mol. The van der Waals surface area contributed by atoms with Gasteiger partial charge in [-0.25, -0.2) is 0 Å². The van der Waals surface area contributed by atoms with Crippen molar-refractivity contribution >= 4 is 0 Å². The van der Waals surface area contributed by atoms with E-state index in [0.29, 0.717) is 6.26 Å². The lowest BCUT2D eigenvalue weighted by Gasteiger charge is -2.23. The highest BCUT2D eigenvalue weighted by molar-refractivity contribution is 5.27. The first-order valence-corrected chi connectivity index (χ1v) is 5.38. The molecular formula is C11H15NO5. The van der Waals surface area contributed by atoms with Crippen LogP contribution in [0.5, 0.6) is 0 Å². The van der Waals surface area contributed by atoms with Crippen molar-refractivity contribution in [3.05, 3.63) is 11.8 Å². The number of aliphatic hydroxyl groups excluding tert-OH is 2. The van der Waals surface area contributed by atoms with Crippen molar-refractivity contribution in [2.24, 2.45) is 0 Å². The Morgan fingerprint density at radius 2 is 2.06 bits per heavy atom. The van der Waals surface area contributed by atoms with Gasteiger partial charge in [0.1, 0.15) is 30.5 Å². The van der Waals surface area contributed by atoms with Gasteiger partial charge in [-0.05, 0) is 13.8 Å². The van der Waals surface area contributed by atoms with Gasteiger partial charge in [0, 0.05) is 0 Å². The van der Waals surface area contributed by atoms with E-state index in [1.54, 1.807) is 13.8 Å². The first-order chi connectivity index (χ1) is 8.02. The summed E-state index contributed by atoms with van der Waals surface area (Å²) in [4.78, 5) is 0. The standard InChI is InChI=1S/C11H15NO5/c1-11(2)16-9-7(5-14)15-8(10(9)17-11)6(3-12)4-13/h4,7-10,13-14H,5H2,1-2H3/t7-,8?,9-,10+/m1/s1. The minimum absolute atomic E-state index is 0.0669. The number of rotatable bonds is 2. The van der Waals surface area contributed by atoms with Crippen LogP contribution in [0.2, 0.25) is 0 Å². The molecule has 0 spiro atoms. The predicted molar refractivity (Wildman–Crippen MR) is 55.9 cm³/mol. The molecule has 2 fully saturated rings. The molecule has 2 aliphatic heterocycles. The van der Waals surface area contributed by atoms with E-state index in [1.807, 2.05) is 6.07 Å². The minimum Gasteiger partial charge on any atom is -0.514 e. The zero-order valence-electron chi connectivity index (χ0n) is 9.66. The molecule has 0 aromatic rings. The van der Waals surface area contributed by atoms with E-state index in [1.165, 1.54) is 0 Å². The van der Waals surface area contributed by atoms with Crippen LogP contribution in [0.25, 0.3) is 0 Å². The second-order valence-electron chi connectivity index (χ2n) is 4.54. The molecule has 0 radical (unpaired) electrons. The largest absolute Gasteiger partial charge is 0.514 e. The molecule has 0 saturated carbocycles. The van der Waals surface area contributed by atoms with Crippen molar-refractivity contribution in [3.63, 3.8) is 0 Å². The maximum Gasteiger partial charge on any atom is 0.164 e. The van der Waals surface area contributed by atoms with Crippen molar-refractivity contribution < 1.29 is 24.4 Å². The Kier molecular flexibility index (Phi) is 3.10. The summed E-state index contributed by atoms with van der Waals surface area (Å²) in [6, 6.07) is 1.85. The highest BCUT2D eigenvalue weighted by Gasteiger charge is 2.55. The summed E-state index contributed by atoms with van der Waals surface area (Å²) in [5.41, 5.74) is 0.0669. The van der Waals surface area contributed by atoms with Crippen molar-refractivity contribution in [2.45, 2.75) is 44.1 Å². The van der Waals surface area contributed by atoms with Crippen LogP contribution in [0, 0.1) is 11.3 Å². The predicted octanol–water partition coefficient (Wildman–Crippen LogP) is 0.232. The molecule has 2 heterocycles. The second-order valence-corrected chi connectivity index (χ2v) is 4.54. The highest BCUT2D eigenvalue weighted by Crippen LogP contribution is 2.40. The lowest BCUT2D eigenvalue weighted by atomic mass is 10.0. The van der Waals surface area contributed by atoms with Crippen molar-refractivity contribution in [1.82, 2.24) is 0 Å². The van der Waals surface area contributed by atoms with Gasteiger partial charge in [-0.2, -0.15) is 5.26 Å². The molecule has 0 bridgehead atoms. The van der Waals surface area contributed by atoms with Gasteiger partial charge in [0.05, 0.1) is 18.4 Å². The van der Waals surface area contributed by atoms with Gasteiger partial charge in [0.15, 0.2) is 5.79 Å². The van der Waals surface area contributed by atoms with E-state index < -0.39 is 30.2 Å². The molecule has 17 heavy (non-hydrogen) atoms. The summed E-state index contributed by atoms with van der Waals surface area (Å²) < 4.78 is 16.7. The fourth-order valence-electron chi connectivity index (χ4n) is 2.25. The molecule has 6 heteroatoms. The van der Waals surface area contributed by atoms with Gasteiger partial charge in [-0.15, -0.1) is 0 Å². The summed E-state index contributed by atoms with van der Waals surface area (Å²) in [6.07, 6.45) is -1.46. The molecular weight excluding hydrogens is 226 g/mol. The molecule has 0 aliphatic carbocycles. The van der Waals surface area contributed by atoms with Crippen molar-refractivity contribution in [3.8, 4) is 6.07 Å². The molecule has 0 amide bonds. The molecule has 0 aromatic carbocycles. The normalized spacial score (nSPS) is 40.0. The van der Waals surface area contributed by atoms with Crippen LogP contribution >= 0.6 is 0 Å². The number of ether oxygens (including phenoxy) is 3. The lowest BCUT2D eigenvalue weighted by Crippen LogP contribution is -2.31. The Morgan fingerprint density at radius 1 is 1.41 bits per heavy atom. The molecule has 6 nitrogen and oxygen atoms in total. The molecule has 94 valence electrons. The Hall–Kier alpha value is -1.13. The number of fused-ring (bicyclic) bond motifs is 1. The molecule has 1 unspecified atom stereocenters. The Bertz CT molecular complexity index is 373. The molecule has 0 aromatic heterocycles. The minimum atomic E-state index is -0.777. The summed E-state index contributed by atoms with van der Waals surface area (Å²) >= 11 is 0. The third-order valence-corrected chi connectivity index (χ3v) is 2.90. The smallest absolute Gasteiger partial charge is 0.164 e. The number of nitriles is 1. The lowest BCUT2D eigenvalue weighted by molar-refractivity contribution is -0.186. The van der Waals surface area contributed by atoms with E-state index in [4.69, 9.17) is 24.6 Å². The number of nitrogens with zero attached hydrogens (tertiary/aromatic N) is 1. The SMILES string of the molecule is CC1(C)O[C@@H]2[C@@H](CO)OC(C(C#N)=CO)[C@@H]2O1. The molecule has 2 aliphatic rings. The van der Waals surface area contributed by atoms with Crippen LogP contribution in [0.4, 0.5) is 0 Å². The van der Waals surface area contributed by atoms with Crippen LogP contribution in [0.15, 0.2) is 11.8 Å². The Labute approximate surface area is 99.0 Å². The van der Waals surface area contributed by atoms with Crippen LogP contribution in [0.1, 0.15) is 13.8 Å². The van der Waals surface area contributed by atoms with Gasteiger partial charge >= 0.3 is 0 Å². The third kappa shape index (κ3) is 2.03. The van der Waals surface area contributed by atoms with E-state index in [0.717, 1.165) is 0 Å². The van der Waals surface area contributed by atoms with E-state index >= 15 is 0 Å². The van der Waals surface area contributed by atoms with E-state index in [2.05, 4.69) is 0 Å². The van der Waals surface area contributed by atoms with Gasteiger partial charge < -0.3 is 24.4 Å². The van der Waals surface area contributed by atoms with Gasteiger partial charge in [0.2, 0.25) is 0 Å². The average Bonchev–Trinajstić information content (AvgIpc) is 2.75. The number of hydrogen-bond donors (Lipinski definition) is 2. The van der Waals surface area contributed by atoms with Crippen LogP contribution in [-0.4, -0.2) is 47.0 Å². The monoisotopic (exact) mass is 241 g/mol. The van der Waals surface area contributed by atoms with Crippen molar-refractivity contribution in [1.29, 1.82) is 5.26 Å². The van der Waals surface area contributed by atoms with E-state index in [9.17, 15) is 5.11 Å². The number of aliphatic hydroxyl groups is 2. The van der Waals surface area contributed by atoms with Crippen molar-refractivity contribution in [2.75, 3.05) is 6.61 Å². The molecule has 2 N–H and O–H groups in total. The molecule has 4 atom stereocenters. The van der Waals surface area contributed by atoms with Gasteiger partial charge in [0.25, 0.3) is 0 Å². The topological polar surface area (TPSA) is 91.9 Å². The quantitative estimate of drug-likeness (QED) is 0.531. The zero-order valence-corrected chi connectivity index (χ0v) is 9.66. The van der Waals surface area contributed by atoms with Crippen LogP contribution in [0.3, 0.4) is 0 Å². The maximum absolute atomic E-state index is 9.20. The fraction of sp³-hybridized carbons (Fsp3) is 0.727. The molecule has 2 saturated heterocycles. The van der Waals surface area contributed by atoms with E-state index in [-0.39, 0.29) is 12.2 Å². The summed E-state index contributed by atoms with van der Waals surface area (Å²) in [5, 5.41) is 27.1. The summed E-state index contributed by atoms with van der Waals surface area (Å²) in [6.45, 7) is 3.29. The summed E-state index contributed by atoms with van der Waals surface area (Å²) in [7, 11) is 0. The third-order valence-electron chi connectivity index (χ3n) is 2.90. The Balaban J connectivity index is 2.25. The van der Waals surface area contributed by atoms with Crippen LogP contribution < -0.4 is 0 Å². The highest BCUT2D eigenvalue weighted by atomic mass is 16.8. The number of hydrogen-bond acceptors (Lipinski definition) is 6. The first-order valence-electron chi connectivity index (χ1n) is 5.38. The zero-order chi connectivity index (χ0) is 12.6.